The zero-order valence-corrected chi connectivity index (χ0v) is 12.9. The van der Waals surface area contributed by atoms with Gasteiger partial charge in [-0.25, -0.2) is 13.4 Å². The molecule has 0 aliphatic heterocycles. The van der Waals surface area contributed by atoms with E-state index in [1.807, 2.05) is 13.8 Å². The number of aryl methyl sites for hydroxylation is 1. The van der Waals surface area contributed by atoms with E-state index in [-0.39, 0.29) is 5.75 Å². The molecular formula is C11H18BrN3O2S. The van der Waals surface area contributed by atoms with Gasteiger partial charge in [-0.3, -0.25) is 4.72 Å². The van der Waals surface area contributed by atoms with Crippen molar-refractivity contribution < 1.29 is 8.42 Å². The van der Waals surface area contributed by atoms with E-state index in [1.165, 1.54) is 0 Å². The molecule has 0 saturated carbocycles. The van der Waals surface area contributed by atoms with E-state index in [1.54, 1.807) is 12.1 Å². The second-order valence-corrected chi connectivity index (χ2v) is 6.63. The van der Waals surface area contributed by atoms with E-state index in [0.29, 0.717) is 12.4 Å². The molecule has 2 N–H and O–H groups in total. The number of aromatic nitrogens is 1. The highest BCUT2D eigenvalue weighted by Crippen LogP contribution is 2.16. The summed E-state index contributed by atoms with van der Waals surface area (Å²) in [5, 5.41) is 3.05. The topological polar surface area (TPSA) is 71.1 Å². The van der Waals surface area contributed by atoms with Gasteiger partial charge in [-0.05, 0) is 48.0 Å². The second-order valence-electron chi connectivity index (χ2n) is 3.93. The van der Waals surface area contributed by atoms with Crippen molar-refractivity contribution in [2.75, 3.05) is 23.6 Å². The lowest BCUT2D eigenvalue weighted by atomic mass is 10.4. The number of hydrogen-bond acceptors (Lipinski definition) is 4. The summed E-state index contributed by atoms with van der Waals surface area (Å²) in [5.41, 5.74) is 0.749. The Kier molecular flexibility index (Phi) is 6.04. The van der Waals surface area contributed by atoms with E-state index in [0.717, 1.165) is 23.1 Å². The standard InChI is InChI=1S/C11H18BrN3O2S/c1-3-6-13-7-8-18(16,17)15-11-5-4-10(12)9(2)14-11/h4-5,13H,3,6-8H2,1-2H3,(H,14,15). The molecule has 0 aliphatic rings. The van der Waals surface area contributed by atoms with Gasteiger partial charge in [0.25, 0.3) is 0 Å². The fourth-order valence-corrected chi connectivity index (χ4v) is 2.49. The van der Waals surface area contributed by atoms with E-state index in [9.17, 15) is 8.42 Å². The van der Waals surface area contributed by atoms with Crippen LogP contribution in [0, 0.1) is 6.92 Å². The SMILES string of the molecule is CCCNCCS(=O)(=O)Nc1ccc(Br)c(C)n1. The largest absolute Gasteiger partial charge is 0.316 e. The van der Waals surface area contributed by atoms with Crippen LogP contribution in [0.5, 0.6) is 0 Å². The van der Waals surface area contributed by atoms with Gasteiger partial charge >= 0.3 is 0 Å². The molecule has 7 heteroatoms. The lowest BCUT2D eigenvalue weighted by molar-refractivity contribution is 0.595. The van der Waals surface area contributed by atoms with Crippen LogP contribution in [-0.4, -0.2) is 32.2 Å². The molecule has 0 atom stereocenters. The smallest absolute Gasteiger partial charge is 0.235 e. The van der Waals surface area contributed by atoms with Crippen molar-refractivity contribution in [1.82, 2.24) is 10.3 Å². The van der Waals surface area contributed by atoms with Crippen LogP contribution in [0.25, 0.3) is 0 Å². The third-order valence-corrected chi connectivity index (χ3v) is 4.36. The van der Waals surface area contributed by atoms with Crippen LogP contribution >= 0.6 is 15.9 Å². The third-order valence-electron chi connectivity index (χ3n) is 2.26. The van der Waals surface area contributed by atoms with Crippen LogP contribution in [0.1, 0.15) is 19.0 Å². The molecule has 0 aliphatic carbocycles. The molecule has 18 heavy (non-hydrogen) atoms. The van der Waals surface area contributed by atoms with E-state index in [4.69, 9.17) is 0 Å². The first kappa shape index (κ1) is 15.4. The van der Waals surface area contributed by atoms with Crippen molar-refractivity contribution >= 4 is 31.8 Å². The van der Waals surface area contributed by atoms with Crippen molar-refractivity contribution in [3.63, 3.8) is 0 Å². The maximum Gasteiger partial charge on any atom is 0.235 e. The summed E-state index contributed by atoms with van der Waals surface area (Å²) in [7, 11) is -3.34. The van der Waals surface area contributed by atoms with Gasteiger partial charge in [0.1, 0.15) is 5.82 Å². The molecule has 0 spiro atoms. The molecule has 5 nitrogen and oxygen atoms in total. The molecule has 0 fully saturated rings. The summed E-state index contributed by atoms with van der Waals surface area (Å²) in [5.74, 6) is 0.398. The van der Waals surface area contributed by atoms with Gasteiger partial charge in [0.05, 0.1) is 11.4 Å². The molecule has 0 amide bonds. The van der Waals surface area contributed by atoms with Gasteiger partial charge in [-0.2, -0.15) is 0 Å². The van der Waals surface area contributed by atoms with Crippen LogP contribution in [0.2, 0.25) is 0 Å². The maximum atomic E-state index is 11.8. The van der Waals surface area contributed by atoms with Crippen LogP contribution < -0.4 is 10.0 Å². The summed E-state index contributed by atoms with van der Waals surface area (Å²) in [6, 6.07) is 3.41. The van der Waals surface area contributed by atoms with Crippen molar-refractivity contribution in [3.8, 4) is 0 Å². The predicted octanol–water partition coefficient (Wildman–Crippen LogP) is 1.89. The maximum absolute atomic E-state index is 11.8. The van der Waals surface area contributed by atoms with Gasteiger partial charge in [0, 0.05) is 11.0 Å². The zero-order valence-electron chi connectivity index (χ0n) is 10.5. The van der Waals surface area contributed by atoms with Crippen molar-refractivity contribution in [3.05, 3.63) is 22.3 Å². The van der Waals surface area contributed by atoms with E-state index in [2.05, 4.69) is 31.0 Å². The highest BCUT2D eigenvalue weighted by atomic mass is 79.9. The Hall–Kier alpha value is -0.660. The number of nitrogens with one attached hydrogen (secondary N) is 2. The summed E-state index contributed by atoms with van der Waals surface area (Å²) in [4.78, 5) is 4.14. The fraction of sp³-hybridized carbons (Fsp3) is 0.545. The number of sulfonamides is 1. The zero-order chi connectivity index (χ0) is 13.6. The number of hydrogen-bond donors (Lipinski definition) is 2. The molecule has 1 aromatic rings. The third kappa shape index (κ3) is 5.32. The number of anilines is 1. The lowest BCUT2D eigenvalue weighted by Gasteiger charge is -2.08. The molecule has 0 unspecified atom stereocenters. The molecular weight excluding hydrogens is 318 g/mol. The molecule has 0 radical (unpaired) electrons. The summed E-state index contributed by atoms with van der Waals surface area (Å²) in [6.45, 7) is 5.11. The number of rotatable bonds is 7. The van der Waals surface area contributed by atoms with Crippen molar-refractivity contribution in [1.29, 1.82) is 0 Å². The Morgan fingerprint density at radius 2 is 2.06 bits per heavy atom. The summed E-state index contributed by atoms with van der Waals surface area (Å²) < 4.78 is 26.8. The number of nitrogens with zero attached hydrogens (tertiary/aromatic N) is 1. The van der Waals surface area contributed by atoms with Gasteiger partial charge in [0.15, 0.2) is 0 Å². The highest BCUT2D eigenvalue weighted by Gasteiger charge is 2.11. The Bertz CT molecular complexity index is 491. The Morgan fingerprint density at radius 1 is 1.33 bits per heavy atom. The van der Waals surface area contributed by atoms with Crippen LogP contribution in [0.15, 0.2) is 16.6 Å². The number of halogens is 1. The normalized spacial score (nSPS) is 11.5. The molecule has 0 bridgehead atoms. The summed E-state index contributed by atoms with van der Waals surface area (Å²) >= 11 is 3.32. The second kappa shape index (κ2) is 7.06. The Morgan fingerprint density at radius 3 is 2.67 bits per heavy atom. The molecule has 0 aromatic carbocycles. The van der Waals surface area contributed by atoms with Gasteiger partial charge < -0.3 is 5.32 Å². The molecule has 0 saturated heterocycles. The summed E-state index contributed by atoms with van der Waals surface area (Å²) in [6.07, 6.45) is 0.987. The Labute approximate surface area is 117 Å². The van der Waals surface area contributed by atoms with E-state index < -0.39 is 10.0 Å². The van der Waals surface area contributed by atoms with Gasteiger partial charge in [0.2, 0.25) is 10.0 Å². The minimum atomic E-state index is -3.34. The first-order chi connectivity index (χ1) is 8.44. The first-order valence-electron chi connectivity index (χ1n) is 5.79. The van der Waals surface area contributed by atoms with Gasteiger partial charge in [-0.1, -0.05) is 6.92 Å². The van der Waals surface area contributed by atoms with Crippen LogP contribution in [-0.2, 0) is 10.0 Å². The average molecular weight is 336 g/mol. The first-order valence-corrected chi connectivity index (χ1v) is 8.23. The molecule has 1 heterocycles. The Balaban J connectivity index is 2.56. The number of pyridine rings is 1. The van der Waals surface area contributed by atoms with E-state index >= 15 is 0 Å². The minimum absolute atomic E-state index is 0.0454. The fourth-order valence-electron chi connectivity index (χ4n) is 1.32. The minimum Gasteiger partial charge on any atom is -0.316 e. The monoisotopic (exact) mass is 335 g/mol. The molecule has 1 aromatic heterocycles. The highest BCUT2D eigenvalue weighted by molar-refractivity contribution is 9.10. The molecule has 102 valence electrons. The van der Waals surface area contributed by atoms with Gasteiger partial charge in [-0.15, -0.1) is 0 Å². The molecule has 1 rings (SSSR count). The van der Waals surface area contributed by atoms with Crippen LogP contribution in [0.3, 0.4) is 0 Å². The average Bonchev–Trinajstić information content (AvgIpc) is 2.29. The predicted molar refractivity (Wildman–Crippen MR) is 77.2 cm³/mol. The van der Waals surface area contributed by atoms with Crippen molar-refractivity contribution in [2.24, 2.45) is 0 Å². The lowest BCUT2D eigenvalue weighted by Crippen LogP contribution is -2.27. The van der Waals surface area contributed by atoms with Crippen LogP contribution in [0.4, 0.5) is 5.82 Å². The quantitative estimate of drug-likeness (QED) is 0.746. The van der Waals surface area contributed by atoms with Crippen molar-refractivity contribution in [2.45, 2.75) is 20.3 Å².